The Labute approximate surface area is 118 Å². The Kier molecular flexibility index (Phi) is 3.56. The van der Waals surface area contributed by atoms with Crippen LogP contribution in [0.1, 0.15) is 43.8 Å². The first kappa shape index (κ1) is 14.5. The molecule has 1 aromatic carbocycles. The normalized spacial score (nSPS) is 13.5. The minimum absolute atomic E-state index is 0.148. The Morgan fingerprint density at radius 1 is 1.20 bits per heavy atom. The third-order valence-electron chi connectivity index (χ3n) is 3.39. The number of nitrogens with zero attached hydrogens (tertiary/aromatic N) is 2. The molecule has 0 saturated carbocycles. The molecule has 3 N–H and O–H groups in total. The topological polar surface area (TPSA) is 85.2 Å². The van der Waals surface area contributed by atoms with E-state index < -0.39 is 0 Å². The maximum absolute atomic E-state index is 9.79. The van der Waals surface area contributed by atoms with Gasteiger partial charge in [0.15, 0.2) is 0 Å². The van der Waals surface area contributed by atoms with Crippen LogP contribution in [-0.2, 0) is 0 Å². The fraction of sp³-hybridized carbons (Fsp3) is 0.467. The molecular weight excluding hydrogens is 254 g/mol. The molecule has 0 bridgehead atoms. The van der Waals surface area contributed by atoms with Gasteiger partial charge >= 0.3 is 0 Å². The molecule has 2 rings (SSSR count). The number of hydrogen-bond donors (Lipinski definition) is 2. The highest BCUT2D eigenvalue weighted by Gasteiger charge is 2.27. The third-order valence-corrected chi connectivity index (χ3v) is 3.39. The van der Waals surface area contributed by atoms with Gasteiger partial charge in [-0.2, -0.15) is 4.98 Å². The molecule has 1 heterocycles. The molecule has 0 saturated heterocycles. The standard InChI is InChI=1S/C15H21N3O2/c1-8-6-10(7-9(2)11(8)19)13-17-14(20-18-13)12(16)15(3,4)5/h6-7,12,19H,16H2,1-5H3/t12-/m1/s1. The van der Waals surface area contributed by atoms with Crippen LogP contribution >= 0.6 is 0 Å². The van der Waals surface area contributed by atoms with Crippen LogP contribution in [0.5, 0.6) is 5.75 Å². The Hall–Kier alpha value is -1.88. The van der Waals surface area contributed by atoms with Crippen LogP contribution in [0.25, 0.3) is 11.4 Å². The molecule has 0 unspecified atom stereocenters. The van der Waals surface area contributed by atoms with Crippen LogP contribution < -0.4 is 5.73 Å². The lowest BCUT2D eigenvalue weighted by Gasteiger charge is -2.23. The maximum Gasteiger partial charge on any atom is 0.244 e. The summed E-state index contributed by atoms with van der Waals surface area (Å²) < 4.78 is 5.27. The van der Waals surface area contributed by atoms with E-state index in [0.717, 1.165) is 16.7 Å². The molecule has 0 aliphatic rings. The van der Waals surface area contributed by atoms with Crippen molar-refractivity contribution in [1.82, 2.24) is 10.1 Å². The monoisotopic (exact) mass is 275 g/mol. The largest absolute Gasteiger partial charge is 0.507 e. The van der Waals surface area contributed by atoms with E-state index in [9.17, 15) is 5.11 Å². The van der Waals surface area contributed by atoms with E-state index in [4.69, 9.17) is 10.3 Å². The molecule has 0 amide bonds. The Morgan fingerprint density at radius 2 is 1.75 bits per heavy atom. The summed E-state index contributed by atoms with van der Waals surface area (Å²) in [6.45, 7) is 9.75. The summed E-state index contributed by atoms with van der Waals surface area (Å²) in [6, 6.07) is 3.35. The smallest absolute Gasteiger partial charge is 0.244 e. The zero-order chi connectivity index (χ0) is 15.1. The van der Waals surface area contributed by atoms with Crippen LogP contribution in [-0.4, -0.2) is 15.2 Å². The lowest BCUT2D eigenvalue weighted by Crippen LogP contribution is -2.26. The van der Waals surface area contributed by atoms with E-state index in [1.807, 2.05) is 46.8 Å². The molecule has 5 nitrogen and oxygen atoms in total. The van der Waals surface area contributed by atoms with Gasteiger partial charge in [-0.25, -0.2) is 0 Å². The lowest BCUT2D eigenvalue weighted by atomic mass is 9.87. The number of aromatic hydroxyl groups is 1. The molecule has 0 spiro atoms. The SMILES string of the molecule is Cc1cc(-c2noc([C@@H](N)C(C)(C)C)n2)cc(C)c1O. The summed E-state index contributed by atoms with van der Waals surface area (Å²) in [4.78, 5) is 4.37. The van der Waals surface area contributed by atoms with Crippen LogP contribution in [0, 0.1) is 19.3 Å². The van der Waals surface area contributed by atoms with Gasteiger partial charge in [-0.1, -0.05) is 25.9 Å². The molecule has 0 aliphatic carbocycles. The number of hydrogen-bond acceptors (Lipinski definition) is 5. The van der Waals surface area contributed by atoms with Crippen LogP contribution in [0.4, 0.5) is 0 Å². The predicted molar refractivity (Wildman–Crippen MR) is 77.3 cm³/mol. The second kappa shape index (κ2) is 4.90. The third kappa shape index (κ3) is 2.67. The fourth-order valence-corrected chi connectivity index (χ4v) is 1.93. The number of nitrogens with two attached hydrogens (primary N) is 1. The first-order valence-electron chi connectivity index (χ1n) is 6.60. The second-order valence-corrected chi connectivity index (χ2v) is 6.26. The van der Waals surface area contributed by atoms with Crippen molar-refractivity contribution in [3.8, 4) is 17.1 Å². The number of phenols is 1. The van der Waals surface area contributed by atoms with Crippen molar-refractivity contribution in [3.05, 3.63) is 29.2 Å². The van der Waals surface area contributed by atoms with Gasteiger partial charge in [0.2, 0.25) is 11.7 Å². The van der Waals surface area contributed by atoms with Gasteiger partial charge in [-0.05, 0) is 42.5 Å². The van der Waals surface area contributed by atoms with E-state index in [1.165, 1.54) is 0 Å². The van der Waals surface area contributed by atoms with Crippen molar-refractivity contribution < 1.29 is 9.63 Å². The number of rotatable bonds is 2. The minimum atomic E-state index is -0.317. The Morgan fingerprint density at radius 3 is 2.25 bits per heavy atom. The first-order valence-corrected chi connectivity index (χ1v) is 6.60. The molecular formula is C15H21N3O2. The molecule has 108 valence electrons. The summed E-state index contributed by atoms with van der Waals surface area (Å²) in [7, 11) is 0. The van der Waals surface area contributed by atoms with Crippen molar-refractivity contribution >= 4 is 0 Å². The first-order chi connectivity index (χ1) is 9.20. The van der Waals surface area contributed by atoms with E-state index in [2.05, 4.69) is 10.1 Å². The highest BCUT2D eigenvalue weighted by Crippen LogP contribution is 2.32. The molecule has 1 aromatic heterocycles. The van der Waals surface area contributed by atoms with E-state index in [0.29, 0.717) is 17.5 Å². The predicted octanol–water partition coefficient (Wildman–Crippen LogP) is 3.10. The summed E-state index contributed by atoms with van der Waals surface area (Å²) in [5.41, 5.74) is 8.34. The fourth-order valence-electron chi connectivity index (χ4n) is 1.93. The van der Waals surface area contributed by atoms with Crippen molar-refractivity contribution in [1.29, 1.82) is 0 Å². The highest BCUT2D eigenvalue weighted by atomic mass is 16.5. The number of benzene rings is 1. The quantitative estimate of drug-likeness (QED) is 0.879. The van der Waals surface area contributed by atoms with Gasteiger partial charge in [-0.15, -0.1) is 0 Å². The maximum atomic E-state index is 9.79. The molecule has 20 heavy (non-hydrogen) atoms. The van der Waals surface area contributed by atoms with Gasteiger partial charge in [0, 0.05) is 5.56 Å². The highest BCUT2D eigenvalue weighted by molar-refractivity contribution is 5.60. The lowest BCUT2D eigenvalue weighted by molar-refractivity contribution is 0.253. The van der Waals surface area contributed by atoms with E-state index in [1.54, 1.807) is 0 Å². The summed E-state index contributed by atoms with van der Waals surface area (Å²) in [5.74, 6) is 1.21. The molecule has 2 aromatic rings. The van der Waals surface area contributed by atoms with E-state index >= 15 is 0 Å². The van der Waals surface area contributed by atoms with Gasteiger partial charge in [-0.3, -0.25) is 0 Å². The number of phenolic OH excluding ortho intramolecular Hbond substituents is 1. The number of aromatic nitrogens is 2. The molecule has 0 fully saturated rings. The summed E-state index contributed by atoms with van der Waals surface area (Å²) >= 11 is 0. The average molecular weight is 275 g/mol. The van der Waals surface area contributed by atoms with Gasteiger partial charge in [0.1, 0.15) is 5.75 Å². The van der Waals surface area contributed by atoms with Gasteiger partial charge < -0.3 is 15.4 Å². The molecule has 1 atom stereocenters. The summed E-state index contributed by atoms with van der Waals surface area (Å²) in [6.07, 6.45) is 0. The number of aryl methyl sites for hydroxylation is 2. The van der Waals surface area contributed by atoms with Crippen LogP contribution in [0.3, 0.4) is 0 Å². The van der Waals surface area contributed by atoms with Crippen LogP contribution in [0.15, 0.2) is 16.7 Å². The van der Waals surface area contributed by atoms with Gasteiger partial charge in [0.25, 0.3) is 0 Å². The Bertz CT molecular complexity index is 603. The van der Waals surface area contributed by atoms with Crippen molar-refractivity contribution in [2.45, 2.75) is 40.7 Å². The Balaban J connectivity index is 2.39. The van der Waals surface area contributed by atoms with Crippen molar-refractivity contribution in [3.63, 3.8) is 0 Å². The van der Waals surface area contributed by atoms with Gasteiger partial charge in [0.05, 0.1) is 6.04 Å². The molecule has 5 heteroatoms. The second-order valence-electron chi connectivity index (χ2n) is 6.26. The zero-order valence-electron chi connectivity index (χ0n) is 12.6. The molecule has 0 radical (unpaired) electrons. The molecule has 0 aliphatic heterocycles. The summed E-state index contributed by atoms with van der Waals surface area (Å²) in [5, 5.41) is 13.8. The van der Waals surface area contributed by atoms with E-state index in [-0.39, 0.29) is 11.5 Å². The average Bonchev–Trinajstić information content (AvgIpc) is 2.82. The van der Waals surface area contributed by atoms with Crippen molar-refractivity contribution in [2.75, 3.05) is 0 Å². The minimum Gasteiger partial charge on any atom is -0.507 e. The van der Waals surface area contributed by atoms with Crippen LogP contribution in [0.2, 0.25) is 0 Å². The zero-order valence-corrected chi connectivity index (χ0v) is 12.6. The van der Waals surface area contributed by atoms with Crippen molar-refractivity contribution in [2.24, 2.45) is 11.1 Å².